The van der Waals surface area contributed by atoms with Gasteiger partial charge in [-0.3, -0.25) is 0 Å². The molecule has 17 heavy (non-hydrogen) atoms. The molecule has 2 rings (SSSR count). The van der Waals surface area contributed by atoms with Gasteiger partial charge in [0.15, 0.2) is 0 Å². The maximum atomic E-state index is 5.99. The van der Waals surface area contributed by atoms with E-state index in [0.29, 0.717) is 12.0 Å². The largest absolute Gasteiger partial charge is 0.381 e. The molecule has 4 nitrogen and oxygen atoms in total. The van der Waals surface area contributed by atoms with E-state index in [9.17, 15) is 0 Å². The summed E-state index contributed by atoms with van der Waals surface area (Å²) in [5.41, 5.74) is 3.25. The summed E-state index contributed by atoms with van der Waals surface area (Å²) in [5.74, 6) is 0.569. The van der Waals surface area contributed by atoms with E-state index in [-0.39, 0.29) is 5.60 Å². The molecule has 100 valence electrons. The van der Waals surface area contributed by atoms with Gasteiger partial charge in [-0.05, 0) is 31.6 Å². The van der Waals surface area contributed by atoms with Gasteiger partial charge in [0, 0.05) is 25.9 Å². The summed E-state index contributed by atoms with van der Waals surface area (Å²) >= 11 is 0. The van der Waals surface area contributed by atoms with Crippen LogP contribution in [0, 0.1) is 5.92 Å². The minimum absolute atomic E-state index is 0.0509. The highest BCUT2D eigenvalue weighted by atomic mass is 16.6. The lowest BCUT2D eigenvalue weighted by Gasteiger charge is -2.43. The summed E-state index contributed by atoms with van der Waals surface area (Å²) in [6, 6.07) is 0.431. The van der Waals surface area contributed by atoms with E-state index >= 15 is 0 Å². The van der Waals surface area contributed by atoms with Crippen LogP contribution < -0.4 is 5.48 Å². The molecule has 0 saturated carbocycles. The first kappa shape index (κ1) is 13.3. The molecular weight excluding hydrogens is 218 g/mol. The van der Waals surface area contributed by atoms with Crippen molar-refractivity contribution in [3.05, 3.63) is 0 Å². The molecular formula is C13H25NO3. The highest BCUT2D eigenvalue weighted by Crippen LogP contribution is 2.34. The van der Waals surface area contributed by atoms with E-state index in [4.69, 9.17) is 14.3 Å². The lowest BCUT2D eigenvalue weighted by Crippen LogP contribution is -2.49. The third-order valence-electron chi connectivity index (χ3n) is 3.56. The predicted molar refractivity (Wildman–Crippen MR) is 65.7 cm³/mol. The van der Waals surface area contributed by atoms with Crippen LogP contribution in [-0.2, 0) is 14.3 Å². The van der Waals surface area contributed by atoms with Crippen molar-refractivity contribution in [2.45, 2.75) is 51.2 Å². The van der Waals surface area contributed by atoms with Crippen molar-refractivity contribution in [1.29, 1.82) is 0 Å². The molecule has 0 aromatic rings. The topological polar surface area (TPSA) is 39.7 Å². The minimum atomic E-state index is 0.0509. The quantitative estimate of drug-likeness (QED) is 0.765. The Labute approximate surface area is 104 Å². The summed E-state index contributed by atoms with van der Waals surface area (Å²) < 4.78 is 11.4. The molecule has 1 unspecified atom stereocenters. The first-order valence-corrected chi connectivity index (χ1v) is 6.79. The Morgan fingerprint density at radius 2 is 2.06 bits per heavy atom. The standard InChI is InChI=1S/C13H25NO3/c1-11(2)10-17-14-12-3-6-16-13(9-12)4-7-15-8-5-13/h11-12,14H,3-10H2,1-2H3. The molecule has 2 fully saturated rings. The van der Waals surface area contributed by atoms with Gasteiger partial charge in [0.05, 0.1) is 12.2 Å². The van der Waals surface area contributed by atoms with Gasteiger partial charge in [-0.25, -0.2) is 0 Å². The highest BCUT2D eigenvalue weighted by Gasteiger charge is 2.39. The average molecular weight is 243 g/mol. The van der Waals surface area contributed by atoms with Gasteiger partial charge in [0.25, 0.3) is 0 Å². The van der Waals surface area contributed by atoms with Crippen LogP contribution in [0.3, 0.4) is 0 Å². The molecule has 0 aromatic heterocycles. The second-order valence-corrected chi connectivity index (χ2v) is 5.66. The molecule has 2 heterocycles. The molecule has 4 heteroatoms. The summed E-state index contributed by atoms with van der Waals surface area (Å²) in [6.45, 7) is 7.59. The van der Waals surface area contributed by atoms with Crippen LogP contribution in [0.25, 0.3) is 0 Å². The Balaban J connectivity index is 1.76. The molecule has 0 aliphatic carbocycles. The summed E-state index contributed by atoms with van der Waals surface area (Å²) in [7, 11) is 0. The van der Waals surface area contributed by atoms with E-state index < -0.39 is 0 Å². The number of rotatable bonds is 4. The van der Waals surface area contributed by atoms with E-state index in [1.807, 2.05) is 0 Å². The average Bonchev–Trinajstić information content (AvgIpc) is 2.29. The van der Waals surface area contributed by atoms with E-state index in [0.717, 1.165) is 52.1 Å². The maximum Gasteiger partial charge on any atom is 0.0742 e. The van der Waals surface area contributed by atoms with Gasteiger partial charge < -0.3 is 14.3 Å². The van der Waals surface area contributed by atoms with Crippen molar-refractivity contribution < 1.29 is 14.3 Å². The third kappa shape index (κ3) is 3.91. The fourth-order valence-electron chi connectivity index (χ4n) is 2.55. The second kappa shape index (κ2) is 6.14. The second-order valence-electron chi connectivity index (χ2n) is 5.66. The molecule has 1 N–H and O–H groups in total. The Bertz CT molecular complexity index is 221. The Morgan fingerprint density at radius 1 is 1.29 bits per heavy atom. The predicted octanol–water partition coefficient (Wildman–Crippen LogP) is 1.89. The third-order valence-corrected chi connectivity index (χ3v) is 3.56. The molecule has 2 aliphatic rings. The van der Waals surface area contributed by atoms with E-state index in [2.05, 4.69) is 19.3 Å². The molecule has 2 saturated heterocycles. The van der Waals surface area contributed by atoms with Gasteiger partial charge in [0.2, 0.25) is 0 Å². The molecule has 1 spiro atoms. The smallest absolute Gasteiger partial charge is 0.0742 e. The van der Waals surface area contributed by atoms with Crippen molar-refractivity contribution in [3.8, 4) is 0 Å². The maximum absolute atomic E-state index is 5.99. The van der Waals surface area contributed by atoms with Crippen molar-refractivity contribution in [2.75, 3.05) is 26.4 Å². The number of hydrogen-bond donors (Lipinski definition) is 1. The summed E-state index contributed by atoms with van der Waals surface area (Å²) in [4.78, 5) is 5.53. The lowest BCUT2D eigenvalue weighted by atomic mass is 9.84. The molecule has 0 radical (unpaired) electrons. The minimum Gasteiger partial charge on any atom is -0.381 e. The van der Waals surface area contributed by atoms with Crippen LogP contribution in [0.2, 0.25) is 0 Å². The van der Waals surface area contributed by atoms with Crippen LogP contribution in [-0.4, -0.2) is 38.1 Å². The SMILES string of the molecule is CC(C)CONC1CCOC2(CCOCC2)C1. The summed E-state index contributed by atoms with van der Waals surface area (Å²) in [6.07, 6.45) is 4.14. The van der Waals surface area contributed by atoms with E-state index in [1.165, 1.54) is 0 Å². The molecule has 1 atom stereocenters. The van der Waals surface area contributed by atoms with Gasteiger partial charge in [-0.2, -0.15) is 5.48 Å². The fraction of sp³-hybridized carbons (Fsp3) is 1.00. The highest BCUT2D eigenvalue weighted by molar-refractivity contribution is 4.90. The van der Waals surface area contributed by atoms with Crippen molar-refractivity contribution in [3.63, 3.8) is 0 Å². The Hall–Kier alpha value is -0.160. The van der Waals surface area contributed by atoms with E-state index in [1.54, 1.807) is 0 Å². The fourth-order valence-corrected chi connectivity index (χ4v) is 2.55. The van der Waals surface area contributed by atoms with Crippen LogP contribution in [0.15, 0.2) is 0 Å². The van der Waals surface area contributed by atoms with Gasteiger partial charge in [-0.1, -0.05) is 13.8 Å². The van der Waals surface area contributed by atoms with Crippen molar-refractivity contribution >= 4 is 0 Å². The number of nitrogens with one attached hydrogen (secondary N) is 1. The van der Waals surface area contributed by atoms with Gasteiger partial charge in [0.1, 0.15) is 0 Å². The number of ether oxygens (including phenoxy) is 2. The number of hydrogen-bond acceptors (Lipinski definition) is 4. The molecule has 0 aromatic carbocycles. The normalized spacial score (nSPS) is 28.8. The summed E-state index contributed by atoms with van der Waals surface area (Å²) in [5, 5.41) is 0. The molecule has 2 aliphatic heterocycles. The Morgan fingerprint density at radius 3 is 2.76 bits per heavy atom. The zero-order chi connectivity index (χ0) is 12.1. The monoisotopic (exact) mass is 243 g/mol. The zero-order valence-corrected chi connectivity index (χ0v) is 11.0. The van der Waals surface area contributed by atoms with Crippen LogP contribution in [0.5, 0.6) is 0 Å². The number of hydroxylamine groups is 1. The van der Waals surface area contributed by atoms with Crippen LogP contribution in [0.1, 0.15) is 39.5 Å². The Kier molecular flexibility index (Phi) is 4.79. The van der Waals surface area contributed by atoms with Crippen molar-refractivity contribution in [2.24, 2.45) is 5.92 Å². The molecule has 0 amide bonds. The first-order valence-electron chi connectivity index (χ1n) is 6.79. The first-order chi connectivity index (χ1) is 8.20. The molecule has 0 bridgehead atoms. The van der Waals surface area contributed by atoms with Crippen LogP contribution in [0.4, 0.5) is 0 Å². The zero-order valence-electron chi connectivity index (χ0n) is 11.0. The van der Waals surface area contributed by atoms with Gasteiger partial charge in [-0.15, -0.1) is 0 Å². The van der Waals surface area contributed by atoms with Crippen LogP contribution >= 0.6 is 0 Å². The van der Waals surface area contributed by atoms with Crippen molar-refractivity contribution in [1.82, 2.24) is 5.48 Å². The lowest BCUT2D eigenvalue weighted by molar-refractivity contribution is -0.154. The van der Waals surface area contributed by atoms with Gasteiger partial charge >= 0.3 is 0 Å².